The minimum atomic E-state index is -0.905. The average molecular weight is 534 g/mol. The molecule has 1 amide bonds. The maximum Gasteiger partial charge on any atom is 0.301 e. The van der Waals surface area contributed by atoms with Crippen molar-refractivity contribution in [1.29, 1.82) is 0 Å². The number of fused-ring (bicyclic) bond motifs is 1. The Labute approximate surface area is 223 Å². The average Bonchev–Trinajstić information content (AvgIpc) is 3.38. The van der Waals surface area contributed by atoms with E-state index in [0.717, 1.165) is 15.8 Å². The third-order valence-electron chi connectivity index (χ3n) is 6.12. The van der Waals surface area contributed by atoms with Crippen LogP contribution in [0.5, 0.6) is 5.75 Å². The topological polar surface area (TPSA) is 92.6 Å². The van der Waals surface area contributed by atoms with E-state index >= 15 is 0 Å². The highest BCUT2D eigenvalue weighted by molar-refractivity contribution is 7.22. The molecule has 0 spiro atoms. The molecule has 1 aliphatic heterocycles. The zero-order valence-electron chi connectivity index (χ0n) is 20.7. The number of hydrogen-bond donors (Lipinski definition) is 1. The number of halogens is 1. The van der Waals surface area contributed by atoms with E-state index in [4.69, 9.17) is 16.3 Å². The predicted octanol–water partition coefficient (Wildman–Crippen LogP) is 6.38. The minimum absolute atomic E-state index is 0.0125. The van der Waals surface area contributed by atoms with Crippen LogP contribution < -0.4 is 9.64 Å². The van der Waals surface area contributed by atoms with E-state index < -0.39 is 17.7 Å². The Morgan fingerprint density at radius 1 is 1.14 bits per heavy atom. The van der Waals surface area contributed by atoms with Gasteiger partial charge < -0.3 is 9.84 Å². The number of anilines is 1. The van der Waals surface area contributed by atoms with Crippen LogP contribution in [0.1, 0.15) is 42.1 Å². The summed E-state index contributed by atoms with van der Waals surface area (Å²) < 4.78 is 6.64. The minimum Gasteiger partial charge on any atom is -0.507 e. The molecule has 2 aromatic carbocycles. The van der Waals surface area contributed by atoms with E-state index in [1.165, 1.54) is 16.2 Å². The Morgan fingerprint density at radius 2 is 1.92 bits per heavy atom. The molecule has 1 saturated heterocycles. The molecule has 0 saturated carbocycles. The Morgan fingerprint density at radius 3 is 2.59 bits per heavy atom. The Bertz CT molecular complexity index is 1540. The molecule has 4 aromatic rings. The monoisotopic (exact) mass is 533 g/mol. The Balaban J connectivity index is 1.67. The number of thiazole rings is 1. The van der Waals surface area contributed by atoms with Gasteiger partial charge in [0.25, 0.3) is 5.78 Å². The first-order valence-electron chi connectivity index (χ1n) is 11.7. The molecule has 1 fully saturated rings. The molecule has 2 aromatic heterocycles. The molecule has 5 rings (SSSR count). The summed E-state index contributed by atoms with van der Waals surface area (Å²) in [4.78, 5) is 37.0. The maximum atomic E-state index is 13.4. The molecule has 188 valence electrons. The van der Waals surface area contributed by atoms with Gasteiger partial charge in [-0.05, 0) is 80.8 Å². The lowest BCUT2D eigenvalue weighted by molar-refractivity contribution is -0.132. The summed E-state index contributed by atoms with van der Waals surface area (Å²) in [7, 11) is 0. The lowest BCUT2D eigenvalue weighted by Gasteiger charge is -2.22. The van der Waals surface area contributed by atoms with Gasteiger partial charge in [0.1, 0.15) is 11.5 Å². The van der Waals surface area contributed by atoms with Crippen LogP contribution in [0.25, 0.3) is 16.0 Å². The zero-order valence-corrected chi connectivity index (χ0v) is 22.2. The fraction of sp³-hybridized carbons (Fsp3) is 0.214. The van der Waals surface area contributed by atoms with E-state index in [1.54, 1.807) is 48.8 Å². The number of aryl methyl sites for hydroxylation is 2. The molecule has 1 unspecified atom stereocenters. The second-order valence-electron chi connectivity index (χ2n) is 9.17. The van der Waals surface area contributed by atoms with Gasteiger partial charge >= 0.3 is 5.91 Å². The Kier molecular flexibility index (Phi) is 6.47. The summed E-state index contributed by atoms with van der Waals surface area (Å²) in [6.45, 7) is 7.61. The second kappa shape index (κ2) is 9.61. The number of aliphatic hydroxyl groups excluding tert-OH is 1. The molecule has 0 bridgehead atoms. The van der Waals surface area contributed by atoms with Gasteiger partial charge in [0, 0.05) is 23.0 Å². The number of Topliss-reactive ketones (excluding diaryl/α,β-unsaturated/α-hetero) is 1. The molecule has 7 nitrogen and oxygen atoms in total. The molecular formula is C28H24ClN3O4S. The molecule has 0 aliphatic carbocycles. The van der Waals surface area contributed by atoms with Crippen molar-refractivity contribution in [2.24, 2.45) is 0 Å². The standard InChI is InChI=1S/C28H24ClN3O4S/c1-14(2)36-21-8-7-17(10-16(21)4)25(33)23-24(18-6-5-9-30-13-18)32(27(35)26(23)34)28-31-20-12-19(29)15(3)11-22(20)37-28/h5-14,24,33H,1-4H3/b25-23+. The number of carbonyl (C=O) groups excluding carboxylic acids is 2. The smallest absolute Gasteiger partial charge is 0.301 e. The highest BCUT2D eigenvalue weighted by atomic mass is 35.5. The van der Waals surface area contributed by atoms with E-state index in [1.807, 2.05) is 33.8 Å². The first-order chi connectivity index (χ1) is 17.7. The van der Waals surface area contributed by atoms with Crippen LogP contribution in [0.4, 0.5) is 5.13 Å². The number of rotatable bonds is 5. The van der Waals surface area contributed by atoms with Gasteiger partial charge in [0.15, 0.2) is 5.13 Å². The number of aliphatic hydroxyl groups is 1. The van der Waals surface area contributed by atoms with Crippen molar-refractivity contribution in [2.75, 3.05) is 4.90 Å². The first kappa shape index (κ1) is 24.9. The van der Waals surface area contributed by atoms with Crippen molar-refractivity contribution in [3.8, 4) is 5.75 Å². The lowest BCUT2D eigenvalue weighted by Crippen LogP contribution is -2.29. The van der Waals surface area contributed by atoms with E-state index in [0.29, 0.717) is 32.5 Å². The zero-order chi connectivity index (χ0) is 26.4. The second-order valence-corrected chi connectivity index (χ2v) is 10.6. The first-order valence-corrected chi connectivity index (χ1v) is 12.9. The van der Waals surface area contributed by atoms with Crippen LogP contribution in [-0.4, -0.2) is 32.9 Å². The van der Waals surface area contributed by atoms with Crippen LogP contribution in [0, 0.1) is 13.8 Å². The van der Waals surface area contributed by atoms with Crippen LogP contribution in [0.2, 0.25) is 5.02 Å². The number of aromatic nitrogens is 2. The number of ether oxygens (including phenoxy) is 1. The summed E-state index contributed by atoms with van der Waals surface area (Å²) in [5.74, 6) is -1.15. The third-order valence-corrected chi connectivity index (χ3v) is 7.54. The van der Waals surface area contributed by atoms with Crippen molar-refractivity contribution in [3.63, 3.8) is 0 Å². The molecule has 0 radical (unpaired) electrons. The van der Waals surface area contributed by atoms with E-state index in [-0.39, 0.29) is 17.4 Å². The molecule has 1 atom stereocenters. The number of hydrogen-bond acceptors (Lipinski definition) is 7. The van der Waals surface area contributed by atoms with Gasteiger partial charge in [-0.3, -0.25) is 19.5 Å². The number of pyridine rings is 1. The number of benzene rings is 2. The van der Waals surface area contributed by atoms with Gasteiger partial charge in [-0.1, -0.05) is 29.0 Å². The normalized spacial score (nSPS) is 17.2. The van der Waals surface area contributed by atoms with Crippen molar-refractivity contribution in [2.45, 2.75) is 39.8 Å². The van der Waals surface area contributed by atoms with Gasteiger partial charge in [0.05, 0.1) is 27.9 Å². The van der Waals surface area contributed by atoms with Crippen molar-refractivity contribution in [3.05, 3.63) is 87.7 Å². The van der Waals surface area contributed by atoms with Crippen LogP contribution in [0.15, 0.2) is 60.4 Å². The summed E-state index contributed by atoms with van der Waals surface area (Å²) in [5.41, 5.74) is 3.27. The van der Waals surface area contributed by atoms with E-state index in [2.05, 4.69) is 9.97 Å². The van der Waals surface area contributed by atoms with Gasteiger partial charge in [0.2, 0.25) is 0 Å². The molecular weight excluding hydrogens is 510 g/mol. The summed E-state index contributed by atoms with van der Waals surface area (Å²) in [5, 5.41) is 12.3. The van der Waals surface area contributed by atoms with Crippen LogP contribution in [-0.2, 0) is 9.59 Å². The summed E-state index contributed by atoms with van der Waals surface area (Å²) in [6.07, 6.45) is 3.17. The highest BCUT2D eigenvalue weighted by Gasteiger charge is 2.48. The van der Waals surface area contributed by atoms with Crippen molar-refractivity contribution < 1.29 is 19.4 Å². The van der Waals surface area contributed by atoms with Gasteiger partial charge in [-0.2, -0.15) is 0 Å². The van der Waals surface area contributed by atoms with Crippen molar-refractivity contribution >= 4 is 55.7 Å². The van der Waals surface area contributed by atoms with Gasteiger partial charge in [-0.15, -0.1) is 0 Å². The molecule has 1 N–H and O–H groups in total. The van der Waals surface area contributed by atoms with Crippen molar-refractivity contribution in [1.82, 2.24) is 9.97 Å². The largest absolute Gasteiger partial charge is 0.507 e. The van der Waals surface area contributed by atoms with Crippen LogP contribution >= 0.6 is 22.9 Å². The quantitative estimate of drug-likeness (QED) is 0.182. The van der Waals surface area contributed by atoms with Gasteiger partial charge in [-0.25, -0.2) is 4.98 Å². The number of ketones is 1. The number of amides is 1. The molecule has 37 heavy (non-hydrogen) atoms. The maximum absolute atomic E-state index is 13.4. The predicted molar refractivity (Wildman–Crippen MR) is 145 cm³/mol. The fourth-order valence-corrected chi connectivity index (χ4v) is 5.59. The van der Waals surface area contributed by atoms with E-state index in [9.17, 15) is 14.7 Å². The SMILES string of the molecule is Cc1cc2sc(N3C(=O)C(=O)/C(=C(/O)c4ccc(OC(C)C)c(C)c4)C3c3cccnc3)nc2cc1Cl. The Hall–Kier alpha value is -3.75. The molecule has 9 heteroatoms. The molecule has 1 aliphatic rings. The summed E-state index contributed by atoms with van der Waals surface area (Å²) >= 11 is 7.57. The lowest BCUT2D eigenvalue weighted by atomic mass is 9.96. The fourth-order valence-electron chi connectivity index (χ4n) is 4.36. The molecule has 3 heterocycles. The highest BCUT2D eigenvalue weighted by Crippen LogP contribution is 2.44. The number of carbonyl (C=O) groups is 2. The summed E-state index contributed by atoms with van der Waals surface area (Å²) in [6, 6.07) is 11.4. The number of nitrogens with zero attached hydrogens (tertiary/aromatic N) is 3. The third kappa shape index (κ3) is 4.47. The van der Waals surface area contributed by atoms with Crippen LogP contribution in [0.3, 0.4) is 0 Å².